The van der Waals surface area contributed by atoms with Crippen molar-refractivity contribution >= 4 is 35.1 Å². The normalized spacial score (nSPS) is 25.3. The number of hydrogen-bond donors (Lipinski definition) is 1. The molecular formula is C14H18ClFOS2. The fourth-order valence-corrected chi connectivity index (χ4v) is 5.72. The van der Waals surface area contributed by atoms with Crippen molar-refractivity contribution in [3.8, 4) is 0 Å². The Balaban J connectivity index is 2.04. The van der Waals surface area contributed by atoms with Gasteiger partial charge in [-0.15, -0.1) is 0 Å². The standard InChI is InChI=1S/C14H18ClFOS2/c1-2-13-14(19-6-5-18-13)12(17)7-9-3-4-10(16)8-11(9)15/h3-4,8,12-14,17H,2,5-7H2,1H3. The molecule has 1 aromatic rings. The van der Waals surface area contributed by atoms with Gasteiger partial charge >= 0.3 is 0 Å². The molecule has 1 heterocycles. The van der Waals surface area contributed by atoms with Crippen LogP contribution in [0.2, 0.25) is 5.02 Å². The number of benzene rings is 1. The predicted molar refractivity (Wildman–Crippen MR) is 83.9 cm³/mol. The van der Waals surface area contributed by atoms with Crippen LogP contribution >= 0.6 is 35.1 Å². The van der Waals surface area contributed by atoms with Crippen LogP contribution in [0.5, 0.6) is 0 Å². The number of aliphatic hydroxyl groups is 1. The Morgan fingerprint density at radius 1 is 1.42 bits per heavy atom. The summed E-state index contributed by atoms with van der Waals surface area (Å²) in [5.41, 5.74) is 0.821. The molecule has 0 radical (unpaired) electrons. The summed E-state index contributed by atoms with van der Waals surface area (Å²) < 4.78 is 13.0. The van der Waals surface area contributed by atoms with Crippen LogP contribution in [0.4, 0.5) is 4.39 Å². The highest BCUT2D eigenvalue weighted by molar-refractivity contribution is 8.07. The zero-order valence-corrected chi connectivity index (χ0v) is 13.2. The zero-order valence-electron chi connectivity index (χ0n) is 10.8. The summed E-state index contributed by atoms with van der Waals surface area (Å²) in [6.07, 6.45) is 1.13. The Morgan fingerprint density at radius 2 is 2.16 bits per heavy atom. The molecule has 2 rings (SSSR count). The van der Waals surface area contributed by atoms with E-state index in [1.54, 1.807) is 6.07 Å². The highest BCUT2D eigenvalue weighted by atomic mass is 35.5. The SMILES string of the molecule is CCC1SCCSC1C(O)Cc1ccc(F)cc1Cl. The van der Waals surface area contributed by atoms with Crippen molar-refractivity contribution in [1.82, 2.24) is 0 Å². The summed E-state index contributed by atoms with van der Waals surface area (Å²) in [6, 6.07) is 4.38. The molecule has 1 aliphatic rings. The van der Waals surface area contributed by atoms with Gasteiger partial charge in [0.2, 0.25) is 0 Å². The van der Waals surface area contributed by atoms with E-state index >= 15 is 0 Å². The number of thioether (sulfide) groups is 2. The smallest absolute Gasteiger partial charge is 0.124 e. The number of rotatable bonds is 4. The third-order valence-corrected chi connectivity index (χ3v) is 7.06. The molecule has 1 N–H and O–H groups in total. The van der Waals surface area contributed by atoms with Crippen molar-refractivity contribution in [2.24, 2.45) is 0 Å². The maximum atomic E-state index is 13.0. The molecule has 3 unspecified atom stereocenters. The van der Waals surface area contributed by atoms with Gasteiger partial charge in [-0.05, 0) is 24.1 Å². The Bertz CT molecular complexity index is 430. The van der Waals surface area contributed by atoms with E-state index in [0.29, 0.717) is 16.7 Å². The molecule has 3 atom stereocenters. The third-order valence-electron chi connectivity index (χ3n) is 3.32. The quantitative estimate of drug-likeness (QED) is 0.905. The summed E-state index contributed by atoms with van der Waals surface area (Å²) in [7, 11) is 0. The summed E-state index contributed by atoms with van der Waals surface area (Å²) >= 11 is 9.81. The molecule has 0 bridgehead atoms. The summed E-state index contributed by atoms with van der Waals surface area (Å²) in [5, 5.41) is 11.6. The first kappa shape index (κ1) is 15.5. The highest BCUT2D eigenvalue weighted by Gasteiger charge is 2.31. The molecule has 0 aliphatic carbocycles. The molecule has 106 valence electrons. The van der Waals surface area contributed by atoms with Crippen molar-refractivity contribution in [2.45, 2.75) is 36.4 Å². The summed E-state index contributed by atoms with van der Waals surface area (Å²) in [4.78, 5) is 0. The van der Waals surface area contributed by atoms with Crippen LogP contribution in [-0.2, 0) is 6.42 Å². The average Bonchev–Trinajstić information content (AvgIpc) is 2.41. The molecule has 1 aromatic carbocycles. The molecule has 1 nitrogen and oxygen atoms in total. The second-order valence-corrected chi connectivity index (χ2v) is 7.70. The van der Waals surface area contributed by atoms with E-state index in [9.17, 15) is 9.50 Å². The monoisotopic (exact) mass is 320 g/mol. The van der Waals surface area contributed by atoms with Gasteiger partial charge < -0.3 is 5.11 Å². The van der Waals surface area contributed by atoms with E-state index in [-0.39, 0.29) is 11.1 Å². The fraction of sp³-hybridized carbons (Fsp3) is 0.571. The first-order valence-corrected chi connectivity index (χ1v) is 8.94. The van der Waals surface area contributed by atoms with E-state index in [4.69, 9.17) is 11.6 Å². The zero-order chi connectivity index (χ0) is 13.8. The topological polar surface area (TPSA) is 20.2 Å². The minimum Gasteiger partial charge on any atom is -0.392 e. The van der Waals surface area contributed by atoms with Crippen LogP contribution < -0.4 is 0 Å². The van der Waals surface area contributed by atoms with E-state index in [1.807, 2.05) is 23.5 Å². The van der Waals surface area contributed by atoms with Gasteiger partial charge in [-0.2, -0.15) is 23.5 Å². The first-order valence-electron chi connectivity index (χ1n) is 6.47. The summed E-state index contributed by atoms with van der Waals surface area (Å²) in [5.74, 6) is 1.90. The lowest BCUT2D eigenvalue weighted by Crippen LogP contribution is -2.37. The number of aliphatic hydroxyl groups excluding tert-OH is 1. The van der Waals surface area contributed by atoms with Crippen LogP contribution in [0.1, 0.15) is 18.9 Å². The molecular weight excluding hydrogens is 303 g/mol. The van der Waals surface area contributed by atoms with Crippen LogP contribution in [0, 0.1) is 5.82 Å². The maximum absolute atomic E-state index is 13.0. The van der Waals surface area contributed by atoms with Gasteiger partial charge in [-0.1, -0.05) is 24.6 Å². The molecule has 5 heteroatoms. The lowest BCUT2D eigenvalue weighted by Gasteiger charge is -2.33. The van der Waals surface area contributed by atoms with E-state index < -0.39 is 6.10 Å². The Kier molecular flexibility index (Phi) is 5.87. The molecule has 1 aliphatic heterocycles. The third kappa shape index (κ3) is 4.03. The van der Waals surface area contributed by atoms with Gasteiger partial charge in [0.15, 0.2) is 0 Å². The van der Waals surface area contributed by atoms with Crippen LogP contribution in [0.15, 0.2) is 18.2 Å². The predicted octanol–water partition coefficient (Wildman–Crippen LogP) is 4.01. The Morgan fingerprint density at radius 3 is 2.84 bits per heavy atom. The van der Waals surface area contributed by atoms with E-state index in [2.05, 4.69) is 6.92 Å². The largest absolute Gasteiger partial charge is 0.392 e. The lowest BCUT2D eigenvalue weighted by molar-refractivity contribution is 0.169. The molecule has 19 heavy (non-hydrogen) atoms. The minimum atomic E-state index is -0.425. The van der Waals surface area contributed by atoms with Gasteiger partial charge in [0, 0.05) is 33.4 Å². The van der Waals surface area contributed by atoms with E-state index in [1.165, 1.54) is 12.1 Å². The Hall–Kier alpha value is 0.1000. The minimum absolute atomic E-state index is 0.241. The van der Waals surface area contributed by atoms with Crippen LogP contribution in [0.25, 0.3) is 0 Å². The molecule has 0 amide bonds. The maximum Gasteiger partial charge on any atom is 0.124 e. The average molecular weight is 321 g/mol. The molecule has 0 spiro atoms. The second kappa shape index (κ2) is 7.21. The van der Waals surface area contributed by atoms with Gasteiger partial charge in [-0.3, -0.25) is 0 Å². The van der Waals surface area contributed by atoms with Crippen molar-refractivity contribution in [1.29, 1.82) is 0 Å². The lowest BCUT2D eigenvalue weighted by atomic mass is 10.0. The van der Waals surface area contributed by atoms with Crippen molar-refractivity contribution < 1.29 is 9.50 Å². The van der Waals surface area contributed by atoms with E-state index in [0.717, 1.165) is 23.5 Å². The Labute approximate surface area is 127 Å². The van der Waals surface area contributed by atoms with Crippen LogP contribution in [-0.4, -0.2) is 33.2 Å². The van der Waals surface area contributed by atoms with Crippen molar-refractivity contribution in [3.05, 3.63) is 34.6 Å². The van der Waals surface area contributed by atoms with Crippen molar-refractivity contribution in [3.63, 3.8) is 0 Å². The van der Waals surface area contributed by atoms with Gasteiger partial charge in [-0.25, -0.2) is 4.39 Å². The van der Waals surface area contributed by atoms with Crippen LogP contribution in [0.3, 0.4) is 0 Å². The van der Waals surface area contributed by atoms with Gasteiger partial charge in [0.1, 0.15) is 5.82 Å². The molecule has 1 fully saturated rings. The van der Waals surface area contributed by atoms with Gasteiger partial charge in [0.05, 0.1) is 6.10 Å². The number of hydrogen-bond acceptors (Lipinski definition) is 3. The molecule has 1 saturated heterocycles. The first-order chi connectivity index (χ1) is 9.11. The summed E-state index contributed by atoms with van der Waals surface area (Å²) in [6.45, 7) is 2.16. The second-order valence-electron chi connectivity index (χ2n) is 4.66. The number of halogens is 2. The molecule has 0 aromatic heterocycles. The highest BCUT2D eigenvalue weighted by Crippen LogP contribution is 2.36. The van der Waals surface area contributed by atoms with Crippen molar-refractivity contribution in [2.75, 3.05) is 11.5 Å². The van der Waals surface area contributed by atoms with Gasteiger partial charge in [0.25, 0.3) is 0 Å². The fourth-order valence-electron chi connectivity index (χ4n) is 2.32. The molecule has 0 saturated carbocycles.